The minimum absolute atomic E-state index is 0.182. The number of esters is 1. The summed E-state index contributed by atoms with van der Waals surface area (Å²) in [6, 6.07) is 0. The molecule has 1 aromatic heterocycles. The Morgan fingerprint density at radius 3 is 2.80 bits per heavy atom. The van der Waals surface area contributed by atoms with Crippen molar-refractivity contribution in [3.8, 4) is 0 Å². The number of ether oxygens (including phenoxy) is 1. The fraction of sp³-hybridized carbons (Fsp3) is 0.643. The van der Waals surface area contributed by atoms with E-state index < -0.39 is 5.97 Å². The number of aromatic nitrogens is 2. The highest BCUT2D eigenvalue weighted by molar-refractivity contribution is 5.90. The van der Waals surface area contributed by atoms with Gasteiger partial charge in [-0.05, 0) is 26.2 Å². The zero-order chi connectivity index (χ0) is 15.0. The molecule has 6 heteroatoms. The number of hydrogen-bond donors (Lipinski definition) is 2. The van der Waals surface area contributed by atoms with Crippen LogP contribution < -0.4 is 5.32 Å². The Labute approximate surface area is 119 Å². The SMILES string of the molecule is CCOC(=O)c1cnc(NCC(CC)CCO)nc1C. The van der Waals surface area contributed by atoms with Gasteiger partial charge in [-0.15, -0.1) is 0 Å². The van der Waals surface area contributed by atoms with Crippen LogP contribution in [-0.4, -0.2) is 40.8 Å². The van der Waals surface area contributed by atoms with Crippen molar-refractivity contribution in [3.05, 3.63) is 17.5 Å². The van der Waals surface area contributed by atoms with E-state index in [4.69, 9.17) is 9.84 Å². The van der Waals surface area contributed by atoms with E-state index in [9.17, 15) is 4.79 Å². The largest absolute Gasteiger partial charge is 0.462 e. The molecule has 0 spiro atoms. The molecule has 6 nitrogen and oxygen atoms in total. The summed E-state index contributed by atoms with van der Waals surface area (Å²) in [5.74, 6) is 0.476. The van der Waals surface area contributed by atoms with Crippen LogP contribution in [0.1, 0.15) is 42.7 Å². The molecule has 0 saturated carbocycles. The number of rotatable bonds is 8. The molecule has 0 saturated heterocycles. The van der Waals surface area contributed by atoms with Crippen LogP contribution >= 0.6 is 0 Å². The van der Waals surface area contributed by atoms with Crippen LogP contribution in [0.3, 0.4) is 0 Å². The number of carbonyl (C=O) groups is 1. The van der Waals surface area contributed by atoms with E-state index in [-0.39, 0.29) is 6.61 Å². The molecular formula is C14H23N3O3. The molecule has 0 amide bonds. The third-order valence-electron chi connectivity index (χ3n) is 3.14. The number of nitrogens with one attached hydrogen (secondary N) is 1. The van der Waals surface area contributed by atoms with Crippen LogP contribution in [0.2, 0.25) is 0 Å². The number of aryl methyl sites for hydroxylation is 1. The molecule has 0 aliphatic heterocycles. The summed E-state index contributed by atoms with van der Waals surface area (Å²) in [5, 5.41) is 12.1. The van der Waals surface area contributed by atoms with Crippen molar-refractivity contribution in [2.45, 2.75) is 33.6 Å². The molecule has 20 heavy (non-hydrogen) atoms. The lowest BCUT2D eigenvalue weighted by molar-refractivity contribution is 0.0524. The van der Waals surface area contributed by atoms with Gasteiger partial charge in [0, 0.05) is 19.3 Å². The Morgan fingerprint density at radius 1 is 1.50 bits per heavy atom. The van der Waals surface area contributed by atoms with Crippen molar-refractivity contribution < 1.29 is 14.6 Å². The number of carbonyl (C=O) groups excluding carboxylic acids is 1. The van der Waals surface area contributed by atoms with Gasteiger partial charge in [0.15, 0.2) is 0 Å². The lowest BCUT2D eigenvalue weighted by Gasteiger charge is -2.14. The lowest BCUT2D eigenvalue weighted by Crippen LogP contribution is -2.17. The van der Waals surface area contributed by atoms with Crippen LogP contribution in [0.4, 0.5) is 5.95 Å². The standard InChI is InChI=1S/C14H23N3O3/c1-4-11(6-7-18)8-15-14-16-9-12(10(3)17-14)13(19)20-5-2/h9,11,18H,4-8H2,1-3H3,(H,15,16,17). The van der Waals surface area contributed by atoms with Gasteiger partial charge in [0.2, 0.25) is 5.95 Å². The van der Waals surface area contributed by atoms with Crippen LogP contribution in [0.5, 0.6) is 0 Å². The first kappa shape index (κ1) is 16.4. The Bertz CT molecular complexity index is 438. The van der Waals surface area contributed by atoms with Crippen molar-refractivity contribution in [1.29, 1.82) is 0 Å². The quantitative estimate of drug-likeness (QED) is 0.707. The van der Waals surface area contributed by atoms with Gasteiger partial charge >= 0.3 is 5.97 Å². The molecule has 1 aromatic rings. The van der Waals surface area contributed by atoms with Crippen molar-refractivity contribution in [3.63, 3.8) is 0 Å². The minimum atomic E-state index is -0.400. The van der Waals surface area contributed by atoms with Gasteiger partial charge in [-0.25, -0.2) is 14.8 Å². The van der Waals surface area contributed by atoms with Crippen LogP contribution in [0.25, 0.3) is 0 Å². The second kappa shape index (κ2) is 8.47. The first-order valence-electron chi connectivity index (χ1n) is 6.97. The molecule has 1 heterocycles. The molecule has 1 rings (SSSR count). The number of nitrogens with zero attached hydrogens (tertiary/aromatic N) is 2. The van der Waals surface area contributed by atoms with E-state index in [1.165, 1.54) is 6.20 Å². The smallest absolute Gasteiger partial charge is 0.341 e. The van der Waals surface area contributed by atoms with Gasteiger partial charge < -0.3 is 15.2 Å². The molecule has 1 unspecified atom stereocenters. The Balaban J connectivity index is 2.65. The van der Waals surface area contributed by atoms with Crippen LogP contribution in [-0.2, 0) is 4.74 Å². The summed E-state index contributed by atoms with van der Waals surface area (Å²) in [7, 11) is 0. The predicted molar refractivity (Wildman–Crippen MR) is 76.7 cm³/mol. The van der Waals surface area contributed by atoms with E-state index in [0.717, 1.165) is 12.8 Å². The van der Waals surface area contributed by atoms with Crippen LogP contribution in [0, 0.1) is 12.8 Å². The van der Waals surface area contributed by atoms with Gasteiger partial charge in [0.1, 0.15) is 0 Å². The molecule has 0 radical (unpaired) electrons. The zero-order valence-corrected chi connectivity index (χ0v) is 12.3. The van der Waals surface area contributed by atoms with Crippen molar-refractivity contribution >= 4 is 11.9 Å². The van der Waals surface area contributed by atoms with Crippen molar-refractivity contribution in [1.82, 2.24) is 9.97 Å². The second-order valence-corrected chi connectivity index (χ2v) is 4.58. The lowest BCUT2D eigenvalue weighted by atomic mass is 10.0. The van der Waals surface area contributed by atoms with Crippen LogP contribution in [0.15, 0.2) is 6.20 Å². The highest BCUT2D eigenvalue weighted by Gasteiger charge is 2.13. The van der Waals surface area contributed by atoms with E-state index in [1.807, 2.05) is 0 Å². The predicted octanol–water partition coefficient (Wildman–Crippen LogP) is 1.78. The summed E-state index contributed by atoms with van der Waals surface area (Å²) in [4.78, 5) is 20.0. The van der Waals surface area contributed by atoms with Gasteiger partial charge in [-0.3, -0.25) is 0 Å². The topological polar surface area (TPSA) is 84.3 Å². The van der Waals surface area contributed by atoms with Gasteiger partial charge in [0.05, 0.1) is 17.9 Å². The zero-order valence-electron chi connectivity index (χ0n) is 12.3. The summed E-state index contributed by atoms with van der Waals surface area (Å²) in [6.07, 6.45) is 3.21. The normalized spacial score (nSPS) is 12.0. The molecule has 112 valence electrons. The fourth-order valence-electron chi connectivity index (χ4n) is 1.83. The summed E-state index contributed by atoms with van der Waals surface area (Å²) < 4.78 is 4.93. The highest BCUT2D eigenvalue weighted by atomic mass is 16.5. The molecule has 2 N–H and O–H groups in total. The molecular weight excluding hydrogens is 258 g/mol. The molecule has 0 fully saturated rings. The summed E-state index contributed by atoms with van der Waals surface area (Å²) in [6.45, 7) is 6.81. The third-order valence-corrected chi connectivity index (χ3v) is 3.14. The summed E-state index contributed by atoms with van der Waals surface area (Å²) in [5.41, 5.74) is 0.982. The third kappa shape index (κ3) is 4.77. The van der Waals surface area contributed by atoms with E-state index in [2.05, 4.69) is 22.2 Å². The number of hydrogen-bond acceptors (Lipinski definition) is 6. The molecule has 0 aliphatic rings. The molecule has 0 aromatic carbocycles. The maximum absolute atomic E-state index is 11.6. The Morgan fingerprint density at radius 2 is 2.25 bits per heavy atom. The van der Waals surface area contributed by atoms with Gasteiger partial charge in [-0.2, -0.15) is 0 Å². The number of aliphatic hydroxyl groups is 1. The highest BCUT2D eigenvalue weighted by Crippen LogP contribution is 2.11. The maximum atomic E-state index is 11.6. The van der Waals surface area contributed by atoms with E-state index in [0.29, 0.717) is 36.3 Å². The second-order valence-electron chi connectivity index (χ2n) is 4.58. The number of anilines is 1. The molecule has 1 atom stereocenters. The number of aliphatic hydroxyl groups excluding tert-OH is 1. The first-order valence-corrected chi connectivity index (χ1v) is 6.97. The van der Waals surface area contributed by atoms with Gasteiger partial charge in [-0.1, -0.05) is 13.3 Å². The first-order chi connectivity index (χ1) is 9.62. The maximum Gasteiger partial charge on any atom is 0.341 e. The Hall–Kier alpha value is -1.69. The Kier molecular flexibility index (Phi) is 6.93. The fourth-order valence-corrected chi connectivity index (χ4v) is 1.83. The minimum Gasteiger partial charge on any atom is -0.462 e. The van der Waals surface area contributed by atoms with Crippen molar-refractivity contribution in [2.75, 3.05) is 25.1 Å². The van der Waals surface area contributed by atoms with E-state index in [1.54, 1.807) is 13.8 Å². The molecule has 0 aliphatic carbocycles. The van der Waals surface area contributed by atoms with Crippen molar-refractivity contribution in [2.24, 2.45) is 5.92 Å². The molecule has 0 bridgehead atoms. The van der Waals surface area contributed by atoms with E-state index >= 15 is 0 Å². The average molecular weight is 281 g/mol. The average Bonchev–Trinajstić information content (AvgIpc) is 2.43. The monoisotopic (exact) mass is 281 g/mol. The van der Waals surface area contributed by atoms with Gasteiger partial charge in [0.25, 0.3) is 0 Å². The summed E-state index contributed by atoms with van der Waals surface area (Å²) >= 11 is 0.